The van der Waals surface area contributed by atoms with Gasteiger partial charge in [-0.05, 0) is 47.1 Å². The summed E-state index contributed by atoms with van der Waals surface area (Å²) >= 11 is 3.25. The number of aromatic nitrogens is 1. The van der Waals surface area contributed by atoms with Crippen LogP contribution in [0.15, 0.2) is 41.1 Å². The molecule has 2 rings (SSSR count). The van der Waals surface area contributed by atoms with E-state index < -0.39 is 5.97 Å². The zero-order valence-corrected chi connectivity index (χ0v) is 11.2. The molecule has 0 saturated carbocycles. The lowest BCUT2D eigenvalue weighted by Crippen LogP contribution is -2.03. The monoisotopic (exact) mass is 306 g/mol. The predicted octanol–water partition coefficient (Wildman–Crippen LogP) is 3.59. The number of anilines is 2. The first-order valence-electron chi connectivity index (χ1n) is 5.29. The maximum Gasteiger partial charge on any atom is 0.337 e. The Kier molecular flexibility index (Phi) is 3.62. The van der Waals surface area contributed by atoms with Crippen LogP contribution in [0.2, 0.25) is 0 Å². The lowest BCUT2D eigenvalue weighted by Gasteiger charge is -2.10. The first-order valence-corrected chi connectivity index (χ1v) is 6.08. The largest absolute Gasteiger partial charge is 0.478 e. The van der Waals surface area contributed by atoms with Gasteiger partial charge in [-0.3, -0.25) is 0 Å². The number of aryl methyl sites for hydroxylation is 1. The Bertz CT molecular complexity index is 582. The van der Waals surface area contributed by atoms with E-state index in [2.05, 4.69) is 26.2 Å². The second-order valence-corrected chi connectivity index (χ2v) is 4.66. The molecule has 0 aliphatic carbocycles. The second-order valence-electron chi connectivity index (χ2n) is 3.85. The summed E-state index contributed by atoms with van der Waals surface area (Å²) in [6.07, 6.45) is 1.63. The molecule has 1 aromatic carbocycles. The molecule has 0 radical (unpaired) electrons. The number of carbonyl (C=O) groups is 1. The van der Waals surface area contributed by atoms with Crippen molar-refractivity contribution in [3.05, 3.63) is 52.3 Å². The topological polar surface area (TPSA) is 62.2 Å². The molecule has 1 aromatic heterocycles. The van der Waals surface area contributed by atoms with Crippen LogP contribution in [-0.2, 0) is 0 Å². The van der Waals surface area contributed by atoms with E-state index in [1.807, 2.05) is 19.1 Å². The molecule has 2 N–H and O–H groups in total. The summed E-state index contributed by atoms with van der Waals surface area (Å²) in [7, 11) is 0. The van der Waals surface area contributed by atoms with Crippen LogP contribution in [0.25, 0.3) is 0 Å². The predicted molar refractivity (Wildman–Crippen MR) is 73.4 cm³/mol. The summed E-state index contributed by atoms with van der Waals surface area (Å²) in [5.74, 6) is -0.953. The van der Waals surface area contributed by atoms with Gasteiger partial charge >= 0.3 is 5.97 Å². The van der Waals surface area contributed by atoms with Gasteiger partial charge in [-0.25, -0.2) is 9.78 Å². The van der Waals surface area contributed by atoms with Crippen molar-refractivity contribution in [3.63, 3.8) is 0 Å². The van der Waals surface area contributed by atoms with Crippen LogP contribution in [0.3, 0.4) is 0 Å². The van der Waals surface area contributed by atoms with Gasteiger partial charge < -0.3 is 10.4 Å². The quantitative estimate of drug-likeness (QED) is 0.851. The molecular weight excluding hydrogens is 296 g/mol. The van der Waals surface area contributed by atoms with Crippen LogP contribution < -0.4 is 5.32 Å². The van der Waals surface area contributed by atoms with E-state index in [0.717, 1.165) is 15.9 Å². The van der Waals surface area contributed by atoms with Crippen molar-refractivity contribution in [2.45, 2.75) is 6.92 Å². The maximum atomic E-state index is 11.2. The van der Waals surface area contributed by atoms with Gasteiger partial charge in [0.25, 0.3) is 0 Å². The molecule has 4 nitrogen and oxygen atoms in total. The molecule has 0 bridgehead atoms. The summed E-state index contributed by atoms with van der Waals surface area (Å²) in [5.41, 5.74) is 2.45. The SMILES string of the molecule is Cc1ccc(Nc2ccc(Br)nc2)c(C(=O)O)c1. The van der Waals surface area contributed by atoms with E-state index in [4.69, 9.17) is 5.11 Å². The molecule has 0 atom stereocenters. The lowest BCUT2D eigenvalue weighted by molar-refractivity contribution is 0.0698. The third-order valence-corrected chi connectivity index (χ3v) is 2.88. The van der Waals surface area contributed by atoms with Crippen LogP contribution in [0.5, 0.6) is 0 Å². The van der Waals surface area contributed by atoms with E-state index in [-0.39, 0.29) is 5.56 Å². The number of halogens is 1. The molecule has 92 valence electrons. The van der Waals surface area contributed by atoms with Crippen molar-refractivity contribution in [1.82, 2.24) is 4.98 Å². The third-order valence-electron chi connectivity index (χ3n) is 2.41. The summed E-state index contributed by atoms with van der Waals surface area (Å²) in [4.78, 5) is 15.2. The number of rotatable bonds is 3. The number of carboxylic acid groups (broad SMARTS) is 1. The average molecular weight is 307 g/mol. The highest BCUT2D eigenvalue weighted by molar-refractivity contribution is 9.10. The molecular formula is C13H11BrN2O2. The van der Waals surface area contributed by atoms with Crippen molar-refractivity contribution in [3.8, 4) is 0 Å². The molecule has 0 amide bonds. The fourth-order valence-corrected chi connectivity index (χ4v) is 1.78. The Morgan fingerprint density at radius 1 is 1.33 bits per heavy atom. The Labute approximate surface area is 113 Å². The second kappa shape index (κ2) is 5.18. The molecule has 0 spiro atoms. The molecule has 1 heterocycles. The maximum absolute atomic E-state index is 11.2. The first kappa shape index (κ1) is 12.6. The number of benzene rings is 1. The Morgan fingerprint density at radius 2 is 2.11 bits per heavy atom. The number of nitrogens with one attached hydrogen (secondary N) is 1. The van der Waals surface area contributed by atoms with Gasteiger partial charge in [0, 0.05) is 0 Å². The number of aromatic carboxylic acids is 1. The van der Waals surface area contributed by atoms with Gasteiger partial charge in [-0.2, -0.15) is 0 Å². The number of pyridine rings is 1. The molecule has 0 aliphatic rings. The highest BCUT2D eigenvalue weighted by Gasteiger charge is 2.10. The normalized spacial score (nSPS) is 10.1. The van der Waals surface area contributed by atoms with Gasteiger partial charge in [-0.1, -0.05) is 11.6 Å². The zero-order chi connectivity index (χ0) is 13.1. The van der Waals surface area contributed by atoms with E-state index in [1.54, 1.807) is 24.4 Å². The molecule has 0 saturated heterocycles. The number of hydrogen-bond acceptors (Lipinski definition) is 3. The summed E-state index contributed by atoms with van der Waals surface area (Å²) < 4.78 is 0.732. The Balaban J connectivity index is 2.34. The summed E-state index contributed by atoms with van der Waals surface area (Å²) in [6, 6.07) is 8.86. The molecule has 0 fully saturated rings. The van der Waals surface area contributed by atoms with Crippen LogP contribution in [0, 0.1) is 6.92 Å². The molecule has 0 unspecified atom stereocenters. The van der Waals surface area contributed by atoms with Crippen molar-refractivity contribution in [1.29, 1.82) is 0 Å². The van der Waals surface area contributed by atoms with Crippen molar-refractivity contribution < 1.29 is 9.90 Å². The number of carboxylic acids is 1. The van der Waals surface area contributed by atoms with Crippen LogP contribution in [0.4, 0.5) is 11.4 Å². The zero-order valence-electron chi connectivity index (χ0n) is 9.64. The van der Waals surface area contributed by atoms with Gasteiger partial charge in [0.05, 0.1) is 23.1 Å². The molecule has 5 heteroatoms. The van der Waals surface area contributed by atoms with Crippen molar-refractivity contribution in [2.75, 3.05) is 5.32 Å². The Morgan fingerprint density at radius 3 is 2.72 bits per heavy atom. The smallest absolute Gasteiger partial charge is 0.337 e. The van der Waals surface area contributed by atoms with Gasteiger partial charge in [0.2, 0.25) is 0 Å². The molecule has 18 heavy (non-hydrogen) atoms. The number of nitrogens with zero attached hydrogens (tertiary/aromatic N) is 1. The van der Waals surface area contributed by atoms with Crippen molar-refractivity contribution in [2.24, 2.45) is 0 Å². The third kappa shape index (κ3) is 2.87. The standard InChI is InChI=1S/C13H11BrN2O2/c1-8-2-4-11(10(6-8)13(17)18)16-9-3-5-12(14)15-7-9/h2-7,16H,1H3,(H,17,18). The first-order chi connectivity index (χ1) is 8.56. The minimum atomic E-state index is -0.953. The molecule has 0 aliphatic heterocycles. The minimum Gasteiger partial charge on any atom is -0.478 e. The fourth-order valence-electron chi connectivity index (χ4n) is 1.55. The van der Waals surface area contributed by atoms with E-state index >= 15 is 0 Å². The average Bonchev–Trinajstić information content (AvgIpc) is 2.34. The fraction of sp³-hybridized carbons (Fsp3) is 0.0769. The highest BCUT2D eigenvalue weighted by Crippen LogP contribution is 2.22. The van der Waals surface area contributed by atoms with Crippen LogP contribution >= 0.6 is 15.9 Å². The van der Waals surface area contributed by atoms with Crippen LogP contribution in [0.1, 0.15) is 15.9 Å². The number of hydrogen-bond donors (Lipinski definition) is 2. The van der Waals surface area contributed by atoms with E-state index in [1.165, 1.54) is 0 Å². The summed E-state index contributed by atoms with van der Waals surface area (Å²) in [6.45, 7) is 1.86. The molecule has 2 aromatic rings. The summed E-state index contributed by atoms with van der Waals surface area (Å²) in [5, 5.41) is 12.2. The van der Waals surface area contributed by atoms with Gasteiger partial charge in [-0.15, -0.1) is 0 Å². The van der Waals surface area contributed by atoms with Crippen LogP contribution in [-0.4, -0.2) is 16.1 Å². The Hall–Kier alpha value is -1.88. The van der Waals surface area contributed by atoms with E-state index in [0.29, 0.717) is 5.69 Å². The highest BCUT2D eigenvalue weighted by atomic mass is 79.9. The van der Waals surface area contributed by atoms with E-state index in [9.17, 15) is 4.79 Å². The van der Waals surface area contributed by atoms with Crippen molar-refractivity contribution >= 4 is 33.3 Å². The lowest BCUT2D eigenvalue weighted by atomic mass is 10.1. The van der Waals surface area contributed by atoms with Gasteiger partial charge in [0.15, 0.2) is 0 Å². The minimum absolute atomic E-state index is 0.248. The van der Waals surface area contributed by atoms with Gasteiger partial charge in [0.1, 0.15) is 4.60 Å².